The van der Waals surface area contributed by atoms with Gasteiger partial charge in [-0.3, -0.25) is 4.79 Å². The summed E-state index contributed by atoms with van der Waals surface area (Å²) in [5.41, 5.74) is 6.67. The molecular formula is C12H21N3O. The average molecular weight is 223 g/mol. The number of aromatic amines is 1. The molecule has 4 heteroatoms. The van der Waals surface area contributed by atoms with E-state index in [-0.39, 0.29) is 11.3 Å². The number of nitrogens with one attached hydrogen (secondary N) is 2. The van der Waals surface area contributed by atoms with Crippen LogP contribution in [0.2, 0.25) is 0 Å². The van der Waals surface area contributed by atoms with Crippen LogP contribution in [0.4, 0.5) is 0 Å². The predicted octanol–water partition coefficient (Wildman–Crippen LogP) is 1.05. The van der Waals surface area contributed by atoms with Gasteiger partial charge in [-0.1, -0.05) is 13.8 Å². The summed E-state index contributed by atoms with van der Waals surface area (Å²) in [4.78, 5) is 14.6. The number of H-pyrrole nitrogens is 1. The normalized spacial score (nSPS) is 11.4. The van der Waals surface area contributed by atoms with Gasteiger partial charge in [-0.05, 0) is 30.0 Å². The molecule has 0 saturated carbocycles. The molecule has 0 spiro atoms. The van der Waals surface area contributed by atoms with Crippen LogP contribution in [0, 0.1) is 5.41 Å². The van der Waals surface area contributed by atoms with E-state index >= 15 is 0 Å². The summed E-state index contributed by atoms with van der Waals surface area (Å²) in [5, 5.41) is 2.90. The van der Waals surface area contributed by atoms with E-state index in [1.54, 1.807) is 0 Å². The summed E-state index contributed by atoms with van der Waals surface area (Å²) in [6, 6.07) is 2.01. The monoisotopic (exact) mass is 223 g/mol. The van der Waals surface area contributed by atoms with Gasteiger partial charge in [0.1, 0.15) is 0 Å². The molecule has 0 aliphatic carbocycles. The van der Waals surface area contributed by atoms with Gasteiger partial charge in [-0.25, -0.2) is 0 Å². The van der Waals surface area contributed by atoms with E-state index in [1.807, 2.05) is 32.3 Å². The Hall–Kier alpha value is -1.29. The molecule has 90 valence electrons. The highest BCUT2D eigenvalue weighted by molar-refractivity contribution is 5.76. The molecule has 16 heavy (non-hydrogen) atoms. The van der Waals surface area contributed by atoms with Gasteiger partial charge >= 0.3 is 0 Å². The molecule has 0 atom stereocenters. The molecule has 1 amide bonds. The SMILES string of the molecule is CC(C)(CN)CC(=O)NCCc1cc[nH]c1. The van der Waals surface area contributed by atoms with Gasteiger partial charge in [0.2, 0.25) is 5.91 Å². The van der Waals surface area contributed by atoms with Crippen molar-refractivity contribution in [1.29, 1.82) is 0 Å². The van der Waals surface area contributed by atoms with E-state index in [0.717, 1.165) is 6.42 Å². The second-order valence-electron chi connectivity index (χ2n) is 4.86. The molecule has 0 unspecified atom stereocenters. The van der Waals surface area contributed by atoms with Gasteiger partial charge in [0.15, 0.2) is 0 Å². The summed E-state index contributed by atoms with van der Waals surface area (Å²) >= 11 is 0. The smallest absolute Gasteiger partial charge is 0.220 e. The maximum atomic E-state index is 11.6. The fourth-order valence-electron chi connectivity index (χ4n) is 1.43. The molecule has 0 aliphatic rings. The third kappa shape index (κ3) is 4.49. The van der Waals surface area contributed by atoms with Crippen molar-refractivity contribution < 1.29 is 4.79 Å². The molecule has 1 aromatic rings. The predicted molar refractivity (Wildman–Crippen MR) is 65.0 cm³/mol. The standard InChI is InChI=1S/C12H21N3O/c1-12(2,9-13)7-11(16)15-6-4-10-3-5-14-8-10/h3,5,8,14H,4,6-7,9,13H2,1-2H3,(H,15,16). The molecule has 0 aliphatic heterocycles. The van der Waals surface area contributed by atoms with E-state index in [9.17, 15) is 4.79 Å². The van der Waals surface area contributed by atoms with Crippen LogP contribution in [0.3, 0.4) is 0 Å². The zero-order valence-electron chi connectivity index (χ0n) is 10.0. The summed E-state index contributed by atoms with van der Waals surface area (Å²) in [6.45, 7) is 5.20. The van der Waals surface area contributed by atoms with Crippen molar-refractivity contribution in [2.24, 2.45) is 11.1 Å². The summed E-state index contributed by atoms with van der Waals surface area (Å²) in [6.07, 6.45) is 5.17. The summed E-state index contributed by atoms with van der Waals surface area (Å²) in [5.74, 6) is 0.0750. The first kappa shape index (κ1) is 12.8. The number of hydrogen-bond donors (Lipinski definition) is 3. The number of nitrogens with two attached hydrogens (primary N) is 1. The van der Waals surface area contributed by atoms with Crippen molar-refractivity contribution in [2.45, 2.75) is 26.7 Å². The van der Waals surface area contributed by atoms with Crippen molar-refractivity contribution in [1.82, 2.24) is 10.3 Å². The Morgan fingerprint density at radius 2 is 2.31 bits per heavy atom. The molecule has 0 bridgehead atoms. The van der Waals surface area contributed by atoms with Gasteiger partial charge < -0.3 is 16.0 Å². The Morgan fingerprint density at radius 3 is 2.88 bits per heavy atom. The Kier molecular flexibility index (Phi) is 4.55. The topological polar surface area (TPSA) is 70.9 Å². The summed E-state index contributed by atoms with van der Waals surface area (Å²) in [7, 11) is 0. The number of amides is 1. The minimum Gasteiger partial charge on any atom is -0.367 e. The van der Waals surface area contributed by atoms with Crippen LogP contribution in [-0.2, 0) is 11.2 Å². The first-order valence-electron chi connectivity index (χ1n) is 5.62. The fourth-order valence-corrected chi connectivity index (χ4v) is 1.43. The molecule has 4 nitrogen and oxygen atoms in total. The van der Waals surface area contributed by atoms with Gasteiger partial charge in [-0.15, -0.1) is 0 Å². The van der Waals surface area contributed by atoms with Gasteiger partial charge in [0, 0.05) is 25.4 Å². The molecule has 1 rings (SSSR count). The molecule has 0 fully saturated rings. The second kappa shape index (κ2) is 5.70. The molecule has 0 saturated heterocycles. The zero-order valence-corrected chi connectivity index (χ0v) is 10.0. The first-order chi connectivity index (χ1) is 7.53. The second-order valence-corrected chi connectivity index (χ2v) is 4.86. The van der Waals surface area contributed by atoms with Crippen molar-refractivity contribution in [2.75, 3.05) is 13.1 Å². The van der Waals surface area contributed by atoms with Crippen molar-refractivity contribution in [3.05, 3.63) is 24.0 Å². The molecule has 4 N–H and O–H groups in total. The third-order valence-corrected chi connectivity index (χ3v) is 2.59. The van der Waals surface area contributed by atoms with Crippen LogP contribution in [0.25, 0.3) is 0 Å². The highest BCUT2D eigenvalue weighted by atomic mass is 16.1. The highest BCUT2D eigenvalue weighted by Gasteiger charge is 2.19. The highest BCUT2D eigenvalue weighted by Crippen LogP contribution is 2.17. The van der Waals surface area contributed by atoms with E-state index in [2.05, 4.69) is 10.3 Å². The quantitative estimate of drug-likeness (QED) is 0.674. The van der Waals surface area contributed by atoms with Gasteiger partial charge in [0.25, 0.3) is 0 Å². The molecule has 0 radical (unpaired) electrons. The fraction of sp³-hybridized carbons (Fsp3) is 0.583. The largest absolute Gasteiger partial charge is 0.367 e. The minimum atomic E-state index is -0.113. The van der Waals surface area contributed by atoms with Gasteiger partial charge in [0.05, 0.1) is 0 Å². The molecular weight excluding hydrogens is 202 g/mol. The first-order valence-corrected chi connectivity index (χ1v) is 5.62. The van der Waals surface area contributed by atoms with Gasteiger partial charge in [-0.2, -0.15) is 0 Å². The van der Waals surface area contributed by atoms with Crippen molar-refractivity contribution in [3.8, 4) is 0 Å². The average Bonchev–Trinajstić information content (AvgIpc) is 2.70. The Labute approximate surface area is 96.6 Å². The zero-order chi connectivity index (χ0) is 12.0. The summed E-state index contributed by atoms with van der Waals surface area (Å²) < 4.78 is 0. The lowest BCUT2D eigenvalue weighted by Gasteiger charge is -2.21. The van der Waals surface area contributed by atoms with Crippen LogP contribution in [0.1, 0.15) is 25.8 Å². The number of hydrogen-bond acceptors (Lipinski definition) is 2. The lowest BCUT2D eigenvalue weighted by atomic mass is 9.89. The number of carbonyl (C=O) groups excluding carboxylic acids is 1. The van der Waals surface area contributed by atoms with E-state index in [4.69, 9.17) is 5.73 Å². The van der Waals surface area contributed by atoms with Crippen molar-refractivity contribution in [3.63, 3.8) is 0 Å². The van der Waals surface area contributed by atoms with Crippen LogP contribution < -0.4 is 11.1 Å². The van der Waals surface area contributed by atoms with Crippen molar-refractivity contribution >= 4 is 5.91 Å². The molecule has 1 heterocycles. The van der Waals surface area contributed by atoms with Crippen LogP contribution in [0.15, 0.2) is 18.5 Å². The van der Waals surface area contributed by atoms with E-state index in [1.165, 1.54) is 5.56 Å². The van der Waals surface area contributed by atoms with Crippen LogP contribution in [0.5, 0.6) is 0 Å². The number of carbonyl (C=O) groups is 1. The Balaban J connectivity index is 2.20. The van der Waals surface area contributed by atoms with E-state index in [0.29, 0.717) is 19.5 Å². The maximum Gasteiger partial charge on any atom is 0.220 e. The Morgan fingerprint density at radius 1 is 1.56 bits per heavy atom. The molecule has 0 aromatic carbocycles. The lowest BCUT2D eigenvalue weighted by molar-refractivity contribution is -0.122. The minimum absolute atomic E-state index is 0.0750. The number of aromatic nitrogens is 1. The van der Waals surface area contributed by atoms with E-state index < -0.39 is 0 Å². The Bertz CT molecular complexity index is 317. The van der Waals surface area contributed by atoms with Crippen LogP contribution in [-0.4, -0.2) is 24.0 Å². The van der Waals surface area contributed by atoms with Crippen LogP contribution >= 0.6 is 0 Å². The maximum absolute atomic E-state index is 11.6. The number of rotatable bonds is 6. The third-order valence-electron chi connectivity index (χ3n) is 2.59. The molecule has 1 aromatic heterocycles. The lowest BCUT2D eigenvalue weighted by Crippen LogP contribution is -2.33.